The Morgan fingerprint density at radius 2 is 2.00 bits per heavy atom. The lowest BCUT2D eigenvalue weighted by Gasteiger charge is -2.28. The van der Waals surface area contributed by atoms with Gasteiger partial charge in [-0.05, 0) is 33.1 Å². The maximum absolute atomic E-state index is 12.3. The van der Waals surface area contributed by atoms with Gasteiger partial charge in [-0.15, -0.1) is 0 Å². The highest BCUT2D eigenvalue weighted by molar-refractivity contribution is 7.90. The molecule has 0 radical (unpaired) electrons. The summed E-state index contributed by atoms with van der Waals surface area (Å²) in [6, 6.07) is 0. The largest absolute Gasteiger partial charge is 0.469 e. The van der Waals surface area contributed by atoms with Crippen LogP contribution >= 0.6 is 0 Å². The summed E-state index contributed by atoms with van der Waals surface area (Å²) in [5.74, 6) is -0.947. The number of hydrogen-bond donors (Lipinski definition) is 1. The first-order valence-electron chi connectivity index (χ1n) is 6.34. The van der Waals surface area contributed by atoms with Crippen LogP contribution in [0.3, 0.4) is 0 Å². The molecule has 0 saturated heterocycles. The van der Waals surface area contributed by atoms with Crippen molar-refractivity contribution in [2.24, 2.45) is 5.92 Å². The van der Waals surface area contributed by atoms with E-state index in [0.29, 0.717) is 19.3 Å². The number of ether oxygens (including phenoxy) is 1. The summed E-state index contributed by atoms with van der Waals surface area (Å²) in [7, 11) is -2.19. The molecule has 0 aromatic rings. The highest BCUT2D eigenvalue weighted by atomic mass is 32.2. The zero-order chi connectivity index (χ0) is 14.0. The van der Waals surface area contributed by atoms with Gasteiger partial charge in [0.15, 0.2) is 0 Å². The van der Waals surface area contributed by atoms with E-state index in [0.717, 1.165) is 6.42 Å². The van der Waals surface area contributed by atoms with Gasteiger partial charge in [0.25, 0.3) is 0 Å². The lowest BCUT2D eigenvalue weighted by atomic mass is 10.0. The zero-order valence-electron chi connectivity index (χ0n) is 11.5. The van der Waals surface area contributed by atoms with Crippen molar-refractivity contribution >= 4 is 16.0 Å². The first-order valence-corrected chi connectivity index (χ1v) is 7.89. The number of hydrogen-bond acceptors (Lipinski definition) is 4. The van der Waals surface area contributed by atoms with E-state index < -0.39 is 32.7 Å². The molecule has 2 unspecified atom stereocenters. The van der Waals surface area contributed by atoms with Crippen molar-refractivity contribution in [1.29, 1.82) is 0 Å². The molecule has 1 saturated carbocycles. The summed E-state index contributed by atoms with van der Waals surface area (Å²) < 4.78 is 32.0. The summed E-state index contributed by atoms with van der Waals surface area (Å²) in [5, 5.41) is -0.657. The summed E-state index contributed by atoms with van der Waals surface area (Å²) in [6.45, 7) is 5.61. The van der Waals surface area contributed by atoms with E-state index in [1.54, 1.807) is 0 Å². The fraction of sp³-hybridized carbons (Fsp3) is 0.917. The van der Waals surface area contributed by atoms with Gasteiger partial charge < -0.3 is 4.74 Å². The Bertz CT molecular complexity index is 402. The molecular weight excluding hydrogens is 254 g/mol. The number of carbonyl (C=O) groups is 1. The molecule has 0 aromatic carbocycles. The molecule has 1 aliphatic rings. The third kappa shape index (κ3) is 3.45. The quantitative estimate of drug-likeness (QED) is 0.772. The first-order chi connectivity index (χ1) is 8.23. The Hall–Kier alpha value is -0.620. The Balaban J connectivity index is 2.88. The predicted octanol–water partition coefficient (Wildman–Crippen LogP) is 1.44. The van der Waals surface area contributed by atoms with Crippen molar-refractivity contribution in [2.75, 3.05) is 7.11 Å². The topological polar surface area (TPSA) is 72.5 Å². The average molecular weight is 277 g/mol. The van der Waals surface area contributed by atoms with Gasteiger partial charge in [0.05, 0.1) is 18.3 Å². The Labute approximate surface area is 109 Å². The minimum absolute atomic E-state index is 0.419. The third-order valence-electron chi connectivity index (χ3n) is 3.66. The maximum Gasteiger partial charge on any atom is 0.310 e. The highest BCUT2D eigenvalue weighted by Gasteiger charge is 2.43. The fourth-order valence-electron chi connectivity index (χ4n) is 2.25. The normalized spacial score (nSPS) is 25.1. The molecule has 6 heteroatoms. The Kier molecular flexibility index (Phi) is 4.78. The Morgan fingerprint density at radius 1 is 1.39 bits per heavy atom. The fourth-order valence-corrected chi connectivity index (χ4v) is 4.47. The second kappa shape index (κ2) is 5.57. The molecule has 1 fully saturated rings. The van der Waals surface area contributed by atoms with E-state index in [1.807, 2.05) is 20.8 Å². The molecule has 106 valence electrons. The van der Waals surface area contributed by atoms with Crippen LogP contribution < -0.4 is 4.72 Å². The molecular formula is C12H23NO4S. The van der Waals surface area contributed by atoms with E-state index >= 15 is 0 Å². The lowest BCUT2D eigenvalue weighted by molar-refractivity contribution is -0.145. The van der Waals surface area contributed by atoms with Crippen LogP contribution in [0.1, 0.15) is 46.5 Å². The smallest absolute Gasteiger partial charge is 0.310 e. The van der Waals surface area contributed by atoms with Crippen molar-refractivity contribution in [3.8, 4) is 0 Å². The van der Waals surface area contributed by atoms with Crippen LogP contribution in [0.4, 0.5) is 0 Å². The van der Waals surface area contributed by atoms with Crippen LogP contribution in [-0.2, 0) is 19.6 Å². The molecule has 0 aromatic heterocycles. The second-order valence-corrected chi connectivity index (χ2v) is 7.38. The van der Waals surface area contributed by atoms with Crippen LogP contribution in [0.15, 0.2) is 0 Å². The average Bonchev–Trinajstić information content (AvgIpc) is 2.76. The van der Waals surface area contributed by atoms with Gasteiger partial charge in [-0.2, -0.15) is 0 Å². The van der Waals surface area contributed by atoms with E-state index in [2.05, 4.69) is 9.46 Å². The van der Waals surface area contributed by atoms with Crippen LogP contribution in [0.25, 0.3) is 0 Å². The number of esters is 1. The van der Waals surface area contributed by atoms with Gasteiger partial charge in [0.2, 0.25) is 10.0 Å². The van der Waals surface area contributed by atoms with Gasteiger partial charge >= 0.3 is 5.97 Å². The second-order valence-electron chi connectivity index (χ2n) is 5.48. The summed E-state index contributed by atoms with van der Waals surface area (Å²) in [4.78, 5) is 11.6. The number of carbonyl (C=O) groups excluding carboxylic acids is 1. The van der Waals surface area contributed by atoms with Gasteiger partial charge in [0.1, 0.15) is 0 Å². The molecule has 1 rings (SSSR count). The third-order valence-corrected chi connectivity index (χ3v) is 5.86. The first kappa shape index (κ1) is 15.4. The number of methoxy groups -OCH3 is 1. The Morgan fingerprint density at radius 3 is 2.50 bits per heavy atom. The van der Waals surface area contributed by atoms with Crippen molar-refractivity contribution in [3.63, 3.8) is 0 Å². The standard InChI is InChI=1S/C12H23NO4S/c1-5-12(2,3)13-18(15,16)10-8-6-7-9(10)11(14)17-4/h9-10,13H,5-8H2,1-4H3. The van der Waals surface area contributed by atoms with Gasteiger partial charge in [-0.3, -0.25) is 4.79 Å². The lowest BCUT2D eigenvalue weighted by Crippen LogP contribution is -2.48. The molecule has 5 nitrogen and oxygen atoms in total. The van der Waals surface area contributed by atoms with Crippen molar-refractivity contribution in [3.05, 3.63) is 0 Å². The van der Waals surface area contributed by atoms with Crippen LogP contribution in [0, 0.1) is 5.92 Å². The molecule has 18 heavy (non-hydrogen) atoms. The van der Waals surface area contributed by atoms with Gasteiger partial charge in [-0.25, -0.2) is 13.1 Å². The zero-order valence-corrected chi connectivity index (χ0v) is 12.3. The number of sulfonamides is 1. The predicted molar refractivity (Wildman–Crippen MR) is 69.6 cm³/mol. The van der Waals surface area contributed by atoms with E-state index in [-0.39, 0.29) is 0 Å². The molecule has 2 atom stereocenters. The number of rotatable bonds is 5. The highest BCUT2D eigenvalue weighted by Crippen LogP contribution is 2.32. The van der Waals surface area contributed by atoms with Gasteiger partial charge in [-0.1, -0.05) is 13.3 Å². The molecule has 0 bridgehead atoms. The van der Waals surface area contributed by atoms with Crippen LogP contribution in [0.5, 0.6) is 0 Å². The minimum atomic E-state index is -3.48. The van der Waals surface area contributed by atoms with Crippen LogP contribution in [0.2, 0.25) is 0 Å². The molecule has 1 aliphatic carbocycles. The van der Waals surface area contributed by atoms with E-state index in [4.69, 9.17) is 0 Å². The molecule has 0 spiro atoms. The summed E-state index contributed by atoms with van der Waals surface area (Å²) in [6.07, 6.45) is 2.55. The molecule has 0 aliphatic heterocycles. The molecule has 0 amide bonds. The maximum atomic E-state index is 12.3. The van der Waals surface area contributed by atoms with Crippen molar-refractivity contribution < 1.29 is 17.9 Å². The van der Waals surface area contributed by atoms with Crippen LogP contribution in [-0.4, -0.2) is 32.3 Å². The number of nitrogens with one attached hydrogen (secondary N) is 1. The van der Waals surface area contributed by atoms with Crippen molar-refractivity contribution in [1.82, 2.24) is 4.72 Å². The van der Waals surface area contributed by atoms with E-state index in [9.17, 15) is 13.2 Å². The minimum Gasteiger partial charge on any atom is -0.469 e. The SMILES string of the molecule is CCC(C)(C)NS(=O)(=O)C1CCCC1C(=O)OC. The van der Waals surface area contributed by atoms with Crippen molar-refractivity contribution in [2.45, 2.75) is 57.2 Å². The summed E-state index contributed by atoms with van der Waals surface area (Å²) in [5.41, 5.74) is -0.484. The monoisotopic (exact) mass is 277 g/mol. The van der Waals surface area contributed by atoms with E-state index in [1.165, 1.54) is 7.11 Å². The molecule has 0 heterocycles. The summed E-state index contributed by atoms with van der Waals surface area (Å²) >= 11 is 0. The van der Waals surface area contributed by atoms with Gasteiger partial charge in [0, 0.05) is 5.54 Å². The molecule has 1 N–H and O–H groups in total.